The number of non-ortho nitro benzene ring substituents is 1. The van der Waals surface area contributed by atoms with E-state index in [1.54, 1.807) is 32.9 Å². The molecule has 0 amide bonds. The van der Waals surface area contributed by atoms with Crippen molar-refractivity contribution in [1.82, 2.24) is 14.5 Å². The molecule has 152 valence electrons. The predicted molar refractivity (Wildman–Crippen MR) is 113 cm³/mol. The zero-order valence-corrected chi connectivity index (χ0v) is 17.0. The number of esters is 1. The number of carbonyl (C=O) groups excluding carboxylic acids is 1. The molecule has 2 heterocycles. The van der Waals surface area contributed by atoms with E-state index < -0.39 is 16.5 Å². The molecular weight excluding hydrogens is 384 g/mol. The highest BCUT2D eigenvalue weighted by atomic mass is 16.6. The molecule has 0 N–H and O–H groups in total. The van der Waals surface area contributed by atoms with Crippen LogP contribution in [-0.2, 0) is 11.8 Å². The maximum absolute atomic E-state index is 13.0. The van der Waals surface area contributed by atoms with Gasteiger partial charge in [0.15, 0.2) is 11.3 Å². The molecule has 0 bridgehead atoms. The van der Waals surface area contributed by atoms with Crippen molar-refractivity contribution >= 4 is 33.7 Å². The van der Waals surface area contributed by atoms with Crippen LogP contribution in [0, 0.1) is 10.1 Å². The molecule has 0 aliphatic carbocycles. The molecule has 4 aromatic rings. The minimum Gasteiger partial charge on any atom is -0.455 e. The van der Waals surface area contributed by atoms with E-state index >= 15 is 0 Å². The van der Waals surface area contributed by atoms with Crippen molar-refractivity contribution in [1.29, 1.82) is 0 Å². The molecule has 0 atom stereocenters. The van der Waals surface area contributed by atoms with E-state index in [-0.39, 0.29) is 11.4 Å². The van der Waals surface area contributed by atoms with E-state index in [0.29, 0.717) is 22.4 Å². The number of fused-ring (bicyclic) bond motifs is 3. The lowest BCUT2D eigenvalue weighted by Gasteiger charge is -2.20. The summed E-state index contributed by atoms with van der Waals surface area (Å²) in [5.41, 5.74) is 2.32. The Morgan fingerprint density at radius 2 is 1.73 bits per heavy atom. The highest BCUT2D eigenvalue weighted by Gasteiger charge is 2.26. The first-order valence-corrected chi connectivity index (χ1v) is 9.39. The van der Waals surface area contributed by atoms with Crippen LogP contribution in [0.1, 0.15) is 31.3 Å². The summed E-state index contributed by atoms with van der Waals surface area (Å²) in [6, 6.07) is 13.6. The third-order valence-electron chi connectivity index (χ3n) is 4.66. The van der Waals surface area contributed by atoms with Crippen LogP contribution in [-0.4, -0.2) is 31.0 Å². The van der Waals surface area contributed by atoms with Crippen LogP contribution in [0.25, 0.3) is 33.3 Å². The minimum atomic E-state index is -0.709. The van der Waals surface area contributed by atoms with Gasteiger partial charge in [0, 0.05) is 30.1 Å². The van der Waals surface area contributed by atoms with E-state index in [1.165, 1.54) is 12.1 Å². The molecule has 0 fully saturated rings. The number of para-hydroxylation sites is 1. The van der Waals surface area contributed by atoms with E-state index in [9.17, 15) is 14.9 Å². The molecule has 8 nitrogen and oxygen atoms in total. The van der Waals surface area contributed by atoms with Gasteiger partial charge in [0.2, 0.25) is 0 Å². The first-order chi connectivity index (χ1) is 14.2. The Morgan fingerprint density at radius 3 is 2.37 bits per heavy atom. The van der Waals surface area contributed by atoms with E-state index in [0.717, 1.165) is 10.9 Å². The summed E-state index contributed by atoms with van der Waals surface area (Å²) in [6.07, 6.45) is 0. The summed E-state index contributed by atoms with van der Waals surface area (Å²) in [5, 5.41) is 11.9. The van der Waals surface area contributed by atoms with Crippen LogP contribution in [0.2, 0.25) is 0 Å². The van der Waals surface area contributed by atoms with Crippen molar-refractivity contribution in [3.63, 3.8) is 0 Å². The highest BCUT2D eigenvalue weighted by molar-refractivity contribution is 6.07. The second-order valence-electron chi connectivity index (χ2n) is 7.98. The quantitative estimate of drug-likeness (QED) is 0.280. The maximum Gasteiger partial charge on any atom is 0.359 e. The molecule has 30 heavy (non-hydrogen) atoms. The lowest BCUT2D eigenvalue weighted by Crippen LogP contribution is -2.25. The number of nitro benzene ring substituents is 1. The third kappa shape index (κ3) is 3.36. The Hall–Kier alpha value is -3.81. The van der Waals surface area contributed by atoms with Crippen LogP contribution in [0.15, 0.2) is 48.5 Å². The van der Waals surface area contributed by atoms with E-state index in [2.05, 4.69) is 4.98 Å². The number of ether oxygens (including phenoxy) is 1. The van der Waals surface area contributed by atoms with Crippen LogP contribution in [0.5, 0.6) is 0 Å². The molecule has 0 radical (unpaired) electrons. The summed E-state index contributed by atoms with van der Waals surface area (Å²) in [5.74, 6) is -0.601. The molecule has 4 rings (SSSR count). The van der Waals surface area contributed by atoms with Crippen molar-refractivity contribution in [2.75, 3.05) is 0 Å². The van der Waals surface area contributed by atoms with Crippen LogP contribution >= 0.6 is 0 Å². The van der Waals surface area contributed by atoms with Crippen molar-refractivity contribution < 1.29 is 14.5 Å². The van der Waals surface area contributed by atoms with Gasteiger partial charge in [-0.3, -0.25) is 10.1 Å². The lowest BCUT2D eigenvalue weighted by molar-refractivity contribution is -0.384. The van der Waals surface area contributed by atoms with Gasteiger partial charge in [0.05, 0.1) is 10.4 Å². The van der Waals surface area contributed by atoms with Gasteiger partial charge < -0.3 is 9.30 Å². The largest absolute Gasteiger partial charge is 0.455 e. The molecule has 2 aromatic carbocycles. The fourth-order valence-electron chi connectivity index (χ4n) is 3.33. The number of hydrogen-bond donors (Lipinski definition) is 0. The Morgan fingerprint density at radius 1 is 1.07 bits per heavy atom. The van der Waals surface area contributed by atoms with Crippen molar-refractivity contribution in [3.8, 4) is 11.3 Å². The monoisotopic (exact) mass is 404 g/mol. The minimum absolute atomic E-state index is 0.0447. The number of aromatic nitrogens is 3. The molecule has 0 aliphatic rings. The van der Waals surface area contributed by atoms with Crippen LogP contribution in [0.4, 0.5) is 5.69 Å². The van der Waals surface area contributed by atoms with Gasteiger partial charge in [-0.25, -0.2) is 14.8 Å². The first-order valence-electron chi connectivity index (χ1n) is 9.39. The summed E-state index contributed by atoms with van der Waals surface area (Å²) in [6.45, 7) is 5.33. The van der Waals surface area contributed by atoms with Gasteiger partial charge in [-0.05, 0) is 39.0 Å². The molecule has 0 unspecified atom stereocenters. The van der Waals surface area contributed by atoms with Gasteiger partial charge in [-0.15, -0.1) is 0 Å². The normalized spacial score (nSPS) is 11.7. The lowest BCUT2D eigenvalue weighted by atomic mass is 10.1. The van der Waals surface area contributed by atoms with Crippen LogP contribution in [0.3, 0.4) is 0 Å². The van der Waals surface area contributed by atoms with E-state index in [4.69, 9.17) is 9.72 Å². The Kier molecular flexibility index (Phi) is 4.49. The zero-order valence-electron chi connectivity index (χ0n) is 17.0. The average molecular weight is 404 g/mol. The number of nitro groups is 1. The number of rotatable bonds is 3. The van der Waals surface area contributed by atoms with Crippen molar-refractivity contribution in [2.45, 2.75) is 26.4 Å². The Labute approximate surface area is 172 Å². The van der Waals surface area contributed by atoms with Gasteiger partial charge in [0.25, 0.3) is 5.69 Å². The molecule has 0 spiro atoms. The average Bonchev–Trinajstić information content (AvgIpc) is 2.98. The third-order valence-corrected chi connectivity index (χ3v) is 4.66. The van der Waals surface area contributed by atoms with Crippen molar-refractivity contribution in [2.24, 2.45) is 7.05 Å². The van der Waals surface area contributed by atoms with Gasteiger partial charge in [-0.1, -0.05) is 18.2 Å². The SMILES string of the molecule is Cn1c2ccccc2c2nc(-c3ccc([N+](=O)[O-])cc3)c(C(=O)OC(C)(C)C)nc21. The molecule has 2 aromatic heterocycles. The van der Waals surface area contributed by atoms with Gasteiger partial charge in [0.1, 0.15) is 16.8 Å². The smallest absolute Gasteiger partial charge is 0.359 e. The Balaban J connectivity index is 1.99. The fraction of sp³-hybridized carbons (Fsp3) is 0.227. The molecule has 0 aliphatic heterocycles. The summed E-state index contributed by atoms with van der Waals surface area (Å²) >= 11 is 0. The highest BCUT2D eigenvalue weighted by Crippen LogP contribution is 2.31. The predicted octanol–water partition coefficient (Wildman–Crippen LogP) is 4.65. The second-order valence-corrected chi connectivity index (χ2v) is 7.98. The number of hydrogen-bond acceptors (Lipinski definition) is 6. The van der Waals surface area contributed by atoms with Gasteiger partial charge in [-0.2, -0.15) is 0 Å². The zero-order chi connectivity index (χ0) is 21.6. The number of carbonyl (C=O) groups is 1. The molecular formula is C22H20N4O4. The van der Waals surface area contributed by atoms with Crippen molar-refractivity contribution in [3.05, 3.63) is 64.3 Å². The number of nitrogens with zero attached hydrogens (tertiary/aromatic N) is 4. The summed E-state index contributed by atoms with van der Waals surface area (Å²) < 4.78 is 7.43. The number of aryl methyl sites for hydroxylation is 1. The fourth-order valence-corrected chi connectivity index (χ4v) is 3.33. The molecule has 8 heteroatoms. The number of benzene rings is 2. The van der Waals surface area contributed by atoms with Gasteiger partial charge >= 0.3 is 5.97 Å². The summed E-state index contributed by atoms with van der Waals surface area (Å²) in [7, 11) is 1.86. The molecule has 0 saturated carbocycles. The summed E-state index contributed by atoms with van der Waals surface area (Å²) in [4.78, 5) is 32.9. The molecule has 0 saturated heterocycles. The Bertz CT molecular complexity index is 1300. The standard InChI is InChI=1S/C22H20N4O4/c1-22(2,3)30-21(27)19-17(13-9-11-14(12-10-13)26(28)29)23-18-15-7-5-6-8-16(15)25(4)20(18)24-19/h5-12H,1-4H3. The first kappa shape index (κ1) is 19.5. The van der Waals surface area contributed by atoms with E-state index in [1.807, 2.05) is 35.9 Å². The topological polar surface area (TPSA) is 100 Å². The van der Waals surface area contributed by atoms with Crippen LogP contribution < -0.4 is 0 Å². The maximum atomic E-state index is 13.0. The second kappa shape index (κ2) is 6.91.